The second-order valence-electron chi connectivity index (χ2n) is 7.12. The molecule has 0 unspecified atom stereocenters. The van der Waals surface area contributed by atoms with Gasteiger partial charge in [0.05, 0.1) is 17.7 Å². The first-order valence-corrected chi connectivity index (χ1v) is 11.4. The van der Waals surface area contributed by atoms with Crippen LogP contribution < -0.4 is 14.4 Å². The number of hydrogen-bond donors (Lipinski definition) is 1. The summed E-state index contributed by atoms with van der Waals surface area (Å²) in [5.41, 5.74) is 3.18. The minimum absolute atomic E-state index is 0.0778. The number of sulfonamides is 1. The molecule has 0 spiro atoms. The predicted octanol–water partition coefficient (Wildman–Crippen LogP) is 4.40. The number of carbonyl (C=O) groups is 1. The van der Waals surface area contributed by atoms with Gasteiger partial charge in [-0.2, -0.15) is 0 Å². The molecule has 0 aliphatic rings. The van der Waals surface area contributed by atoms with Gasteiger partial charge in [0.1, 0.15) is 12.3 Å². The highest BCUT2D eigenvalue weighted by Gasteiger charge is 2.27. The fourth-order valence-electron chi connectivity index (χ4n) is 3.06. The van der Waals surface area contributed by atoms with Crippen LogP contribution >= 0.6 is 0 Å². The number of carbonyl (C=O) groups excluding carboxylic acids is 1. The Balaban J connectivity index is 1.90. The zero-order valence-electron chi connectivity index (χ0n) is 17.8. The molecule has 0 fully saturated rings. The summed E-state index contributed by atoms with van der Waals surface area (Å²) in [6, 6.07) is 20.6. The SMILES string of the molecule is CCc1ccc(NC(=O)CN(c2ccc(C)cc2)S(=O)(=O)c2ccc(OC)cc2)cc1. The quantitative estimate of drug-likeness (QED) is 0.566. The lowest BCUT2D eigenvalue weighted by Crippen LogP contribution is -2.38. The standard InChI is InChI=1S/C24H26N2O4S/c1-4-19-7-9-20(10-8-19)25-24(27)17-26(21-11-5-18(2)6-12-21)31(28,29)23-15-13-22(30-3)14-16-23/h5-16H,4,17H2,1-3H3,(H,25,27). The monoisotopic (exact) mass is 438 g/mol. The predicted molar refractivity (Wildman–Crippen MR) is 123 cm³/mol. The van der Waals surface area contributed by atoms with Gasteiger partial charge in [-0.25, -0.2) is 8.42 Å². The number of methoxy groups -OCH3 is 1. The minimum atomic E-state index is -3.97. The number of rotatable bonds is 8. The van der Waals surface area contributed by atoms with Crippen LogP contribution in [-0.4, -0.2) is 28.0 Å². The number of ether oxygens (including phenoxy) is 1. The average molecular weight is 439 g/mol. The van der Waals surface area contributed by atoms with Crippen molar-refractivity contribution in [3.05, 3.63) is 83.9 Å². The number of hydrogen-bond acceptors (Lipinski definition) is 4. The van der Waals surface area contributed by atoms with Crippen molar-refractivity contribution in [3.8, 4) is 5.75 Å². The van der Waals surface area contributed by atoms with Crippen LogP contribution in [-0.2, 0) is 21.2 Å². The lowest BCUT2D eigenvalue weighted by molar-refractivity contribution is -0.114. The summed E-state index contributed by atoms with van der Waals surface area (Å²) in [4.78, 5) is 12.8. The number of amides is 1. The number of nitrogens with zero attached hydrogens (tertiary/aromatic N) is 1. The molecule has 0 aliphatic carbocycles. The van der Waals surface area contributed by atoms with Crippen LogP contribution in [0.4, 0.5) is 11.4 Å². The molecule has 1 N–H and O–H groups in total. The summed E-state index contributed by atoms with van der Waals surface area (Å²) in [5, 5.41) is 2.78. The molecule has 0 saturated carbocycles. The van der Waals surface area contributed by atoms with E-state index in [0.29, 0.717) is 17.1 Å². The Morgan fingerprint density at radius 3 is 2.10 bits per heavy atom. The van der Waals surface area contributed by atoms with Crippen molar-refractivity contribution in [2.24, 2.45) is 0 Å². The fourth-order valence-corrected chi connectivity index (χ4v) is 4.48. The van der Waals surface area contributed by atoms with E-state index in [1.165, 1.54) is 19.2 Å². The van der Waals surface area contributed by atoms with Crippen LogP contribution in [0.25, 0.3) is 0 Å². The van der Waals surface area contributed by atoms with E-state index in [1.54, 1.807) is 24.3 Å². The third kappa shape index (κ3) is 5.44. The Labute approximate surface area is 183 Å². The maximum absolute atomic E-state index is 13.4. The van der Waals surface area contributed by atoms with Gasteiger partial charge in [0, 0.05) is 5.69 Å². The fraction of sp³-hybridized carbons (Fsp3) is 0.208. The van der Waals surface area contributed by atoms with E-state index in [-0.39, 0.29) is 11.4 Å². The maximum Gasteiger partial charge on any atom is 0.264 e. The summed E-state index contributed by atoms with van der Waals surface area (Å²) >= 11 is 0. The lowest BCUT2D eigenvalue weighted by Gasteiger charge is -2.24. The highest BCUT2D eigenvalue weighted by molar-refractivity contribution is 7.92. The van der Waals surface area contributed by atoms with Gasteiger partial charge in [-0.1, -0.05) is 36.8 Å². The van der Waals surface area contributed by atoms with Crippen LogP contribution in [0, 0.1) is 6.92 Å². The van der Waals surface area contributed by atoms with Crippen molar-refractivity contribution < 1.29 is 17.9 Å². The summed E-state index contributed by atoms with van der Waals surface area (Å²) in [7, 11) is -2.46. The molecule has 1 amide bonds. The summed E-state index contributed by atoms with van der Waals surface area (Å²) in [6.07, 6.45) is 0.898. The van der Waals surface area contributed by atoms with Crippen molar-refractivity contribution in [3.63, 3.8) is 0 Å². The topological polar surface area (TPSA) is 75.7 Å². The molecular weight excluding hydrogens is 412 g/mol. The Morgan fingerprint density at radius 1 is 0.935 bits per heavy atom. The first-order valence-electron chi connectivity index (χ1n) is 9.95. The summed E-state index contributed by atoms with van der Waals surface area (Å²) in [5.74, 6) is 0.121. The maximum atomic E-state index is 13.4. The third-order valence-electron chi connectivity index (χ3n) is 4.90. The third-order valence-corrected chi connectivity index (χ3v) is 6.69. The van der Waals surface area contributed by atoms with E-state index < -0.39 is 15.9 Å². The van der Waals surface area contributed by atoms with Gasteiger partial charge in [-0.15, -0.1) is 0 Å². The second kappa shape index (κ2) is 9.66. The van der Waals surface area contributed by atoms with Gasteiger partial charge in [0.2, 0.25) is 5.91 Å². The second-order valence-corrected chi connectivity index (χ2v) is 8.98. The van der Waals surface area contributed by atoms with Gasteiger partial charge in [0.25, 0.3) is 10.0 Å². The molecule has 0 radical (unpaired) electrons. The zero-order chi connectivity index (χ0) is 22.4. The molecule has 3 aromatic carbocycles. The van der Waals surface area contributed by atoms with Crippen LogP contribution in [0.5, 0.6) is 5.75 Å². The van der Waals surface area contributed by atoms with Crippen LogP contribution in [0.2, 0.25) is 0 Å². The Morgan fingerprint density at radius 2 is 1.55 bits per heavy atom. The Hall–Kier alpha value is -3.32. The van der Waals surface area contributed by atoms with E-state index in [2.05, 4.69) is 12.2 Å². The molecule has 162 valence electrons. The molecule has 7 heteroatoms. The van der Waals surface area contributed by atoms with Crippen LogP contribution in [0.1, 0.15) is 18.1 Å². The highest BCUT2D eigenvalue weighted by atomic mass is 32.2. The van der Waals surface area contributed by atoms with Crippen LogP contribution in [0.15, 0.2) is 77.7 Å². The average Bonchev–Trinajstić information content (AvgIpc) is 2.78. The number of aryl methyl sites for hydroxylation is 2. The van der Waals surface area contributed by atoms with E-state index in [4.69, 9.17) is 4.74 Å². The number of benzene rings is 3. The van der Waals surface area contributed by atoms with Gasteiger partial charge >= 0.3 is 0 Å². The largest absolute Gasteiger partial charge is 0.497 e. The molecular formula is C24H26N2O4S. The first-order chi connectivity index (χ1) is 14.8. The van der Waals surface area contributed by atoms with Crippen molar-refractivity contribution in [1.29, 1.82) is 0 Å². The van der Waals surface area contributed by atoms with Crippen molar-refractivity contribution in [1.82, 2.24) is 0 Å². The van der Waals surface area contributed by atoms with Gasteiger partial charge in [-0.05, 0) is 67.4 Å². The molecule has 0 atom stereocenters. The van der Waals surface area contributed by atoms with E-state index in [0.717, 1.165) is 21.9 Å². The summed E-state index contributed by atoms with van der Waals surface area (Å²) < 4.78 is 33.0. The van der Waals surface area contributed by atoms with E-state index in [1.807, 2.05) is 43.3 Å². The van der Waals surface area contributed by atoms with Crippen LogP contribution in [0.3, 0.4) is 0 Å². The Kier molecular flexibility index (Phi) is 6.97. The number of anilines is 2. The highest BCUT2D eigenvalue weighted by Crippen LogP contribution is 2.25. The zero-order valence-corrected chi connectivity index (χ0v) is 18.6. The molecule has 0 heterocycles. The minimum Gasteiger partial charge on any atom is -0.497 e. The molecule has 6 nitrogen and oxygen atoms in total. The smallest absolute Gasteiger partial charge is 0.264 e. The van der Waals surface area contributed by atoms with E-state index >= 15 is 0 Å². The molecule has 0 bridgehead atoms. The van der Waals surface area contributed by atoms with Gasteiger partial charge in [-0.3, -0.25) is 9.10 Å². The van der Waals surface area contributed by atoms with Crippen molar-refractivity contribution >= 4 is 27.3 Å². The molecule has 0 aliphatic heterocycles. The van der Waals surface area contributed by atoms with Crippen molar-refractivity contribution in [2.75, 3.05) is 23.3 Å². The van der Waals surface area contributed by atoms with Crippen molar-refractivity contribution in [2.45, 2.75) is 25.2 Å². The summed E-state index contributed by atoms with van der Waals surface area (Å²) in [6.45, 7) is 3.61. The van der Waals surface area contributed by atoms with Gasteiger partial charge < -0.3 is 10.1 Å². The molecule has 3 aromatic rings. The molecule has 0 saturated heterocycles. The normalized spacial score (nSPS) is 11.1. The Bertz CT molecular complexity index is 1120. The molecule has 31 heavy (non-hydrogen) atoms. The molecule has 0 aromatic heterocycles. The molecule has 3 rings (SSSR count). The lowest BCUT2D eigenvalue weighted by atomic mass is 10.1. The van der Waals surface area contributed by atoms with Gasteiger partial charge in [0.15, 0.2) is 0 Å². The van der Waals surface area contributed by atoms with E-state index in [9.17, 15) is 13.2 Å². The number of nitrogens with one attached hydrogen (secondary N) is 1. The first kappa shape index (κ1) is 22.4.